The molecule has 1 atom stereocenters. The van der Waals surface area contributed by atoms with Crippen molar-refractivity contribution < 1.29 is 23.2 Å². The molecule has 1 heterocycles. The number of nitrogens with one attached hydrogen (secondary N) is 1. The summed E-state index contributed by atoms with van der Waals surface area (Å²) in [5.41, 5.74) is 6.93. The second-order valence-electron chi connectivity index (χ2n) is 6.82. The van der Waals surface area contributed by atoms with Crippen molar-refractivity contribution in [1.29, 1.82) is 0 Å². The number of rotatable bonds is 4. The molecule has 27 heavy (non-hydrogen) atoms. The molecular weight excluding hydrogens is 426 g/mol. The molecule has 10 heteroatoms. The zero-order valence-corrected chi connectivity index (χ0v) is 16.0. The van der Waals surface area contributed by atoms with Gasteiger partial charge < -0.3 is 10.6 Å². The summed E-state index contributed by atoms with van der Waals surface area (Å²) in [6.07, 6.45) is 2.55. The van der Waals surface area contributed by atoms with Crippen LogP contribution in [0, 0.1) is 23.5 Å². The van der Waals surface area contributed by atoms with Crippen LogP contribution in [0.3, 0.4) is 0 Å². The van der Waals surface area contributed by atoms with Gasteiger partial charge in [0.1, 0.15) is 5.69 Å². The van der Waals surface area contributed by atoms with Gasteiger partial charge in [0.2, 0.25) is 11.8 Å². The molecule has 2 fully saturated rings. The minimum Gasteiger partial charge on any atom is -0.350 e. The lowest BCUT2D eigenvalue weighted by Gasteiger charge is -2.23. The molecule has 1 aromatic rings. The van der Waals surface area contributed by atoms with E-state index in [1.807, 2.05) is 0 Å². The Hall–Kier alpha value is -2.23. The van der Waals surface area contributed by atoms with E-state index in [0.717, 1.165) is 18.9 Å². The molecule has 146 valence electrons. The summed E-state index contributed by atoms with van der Waals surface area (Å²) in [6, 6.07) is 1.17. The minimum absolute atomic E-state index is 0.0405. The van der Waals surface area contributed by atoms with Gasteiger partial charge in [-0.05, 0) is 53.2 Å². The Kier molecular flexibility index (Phi) is 5.64. The first kappa shape index (κ1) is 19.5. The Morgan fingerprint density at radius 1 is 1.22 bits per heavy atom. The number of likely N-dealkylation sites (tertiary alicyclic amines) is 1. The van der Waals surface area contributed by atoms with Crippen molar-refractivity contribution in [2.24, 2.45) is 17.6 Å². The van der Waals surface area contributed by atoms with Crippen molar-refractivity contribution in [3.8, 4) is 0 Å². The average Bonchev–Trinajstić information content (AvgIpc) is 3.37. The molecule has 1 saturated carbocycles. The molecular formula is C17H19BrF2N4O3. The Labute approximate surface area is 162 Å². The molecule has 3 N–H and O–H groups in total. The van der Waals surface area contributed by atoms with E-state index < -0.39 is 29.3 Å². The van der Waals surface area contributed by atoms with E-state index >= 15 is 0 Å². The summed E-state index contributed by atoms with van der Waals surface area (Å²) < 4.78 is 27.7. The van der Waals surface area contributed by atoms with Crippen LogP contribution in [0.4, 0.5) is 19.3 Å². The molecule has 1 saturated heterocycles. The Morgan fingerprint density at radius 2 is 1.93 bits per heavy atom. The molecule has 7 nitrogen and oxygen atoms in total. The van der Waals surface area contributed by atoms with Gasteiger partial charge in [-0.2, -0.15) is 0 Å². The first-order chi connectivity index (χ1) is 12.8. The number of nitrogens with two attached hydrogens (primary N) is 1. The third-order valence-corrected chi connectivity index (χ3v) is 5.32. The van der Waals surface area contributed by atoms with E-state index in [9.17, 15) is 23.2 Å². The summed E-state index contributed by atoms with van der Waals surface area (Å²) in [4.78, 5) is 37.7. The Balaban J connectivity index is 1.62. The minimum atomic E-state index is -1.31. The number of benzene rings is 1. The van der Waals surface area contributed by atoms with Gasteiger partial charge in [0.15, 0.2) is 11.6 Å². The van der Waals surface area contributed by atoms with Gasteiger partial charge in [0, 0.05) is 25.4 Å². The maximum atomic E-state index is 14.1. The molecule has 1 aliphatic heterocycles. The van der Waals surface area contributed by atoms with Crippen molar-refractivity contribution in [1.82, 2.24) is 10.3 Å². The molecule has 1 aromatic carbocycles. The van der Waals surface area contributed by atoms with Gasteiger partial charge in [-0.3, -0.25) is 15.0 Å². The van der Waals surface area contributed by atoms with Gasteiger partial charge in [-0.1, -0.05) is 0 Å². The van der Waals surface area contributed by atoms with Crippen LogP contribution >= 0.6 is 15.9 Å². The molecule has 0 bridgehead atoms. The van der Waals surface area contributed by atoms with Gasteiger partial charge in [0.25, 0.3) is 0 Å². The summed E-state index contributed by atoms with van der Waals surface area (Å²) in [6.45, 7) is 1.07. The zero-order valence-electron chi connectivity index (χ0n) is 14.4. The topological polar surface area (TPSA) is 95.7 Å². The predicted molar refractivity (Wildman–Crippen MR) is 96.3 cm³/mol. The normalized spacial score (nSPS) is 19.1. The van der Waals surface area contributed by atoms with Crippen LogP contribution in [0.5, 0.6) is 0 Å². The van der Waals surface area contributed by atoms with Crippen LogP contribution < -0.4 is 16.2 Å². The van der Waals surface area contributed by atoms with Crippen LogP contribution in [0.25, 0.3) is 0 Å². The Morgan fingerprint density at radius 3 is 2.56 bits per heavy atom. The van der Waals surface area contributed by atoms with E-state index in [-0.39, 0.29) is 28.6 Å². The zero-order chi connectivity index (χ0) is 19.7. The molecule has 0 aromatic heterocycles. The summed E-state index contributed by atoms with van der Waals surface area (Å²) in [5.74, 6) is -2.89. The highest BCUT2D eigenvalue weighted by molar-refractivity contribution is 9.10. The lowest BCUT2D eigenvalue weighted by atomic mass is 10.1. The number of carbonyl (C=O) groups is 3. The molecule has 1 aliphatic carbocycles. The number of nitrogens with zero attached hydrogens (tertiary/aromatic N) is 2. The summed E-state index contributed by atoms with van der Waals surface area (Å²) in [5, 5.41) is 0.481. The number of primary amides is 1. The number of carbonyl (C=O) groups excluding carboxylic acids is 3. The number of amides is 4. The van der Waals surface area contributed by atoms with Gasteiger partial charge in [-0.15, -0.1) is 0 Å². The fraction of sp³-hybridized carbons (Fsp3) is 0.471. The molecule has 0 unspecified atom stereocenters. The summed E-state index contributed by atoms with van der Waals surface area (Å²) in [7, 11) is 0. The fourth-order valence-electron chi connectivity index (χ4n) is 3.14. The smallest absolute Gasteiger partial charge is 0.338 e. The maximum Gasteiger partial charge on any atom is 0.338 e. The predicted octanol–water partition coefficient (Wildman–Crippen LogP) is 2.29. The van der Waals surface area contributed by atoms with Gasteiger partial charge in [0.05, 0.1) is 4.47 Å². The largest absolute Gasteiger partial charge is 0.350 e. The number of urea groups is 1. The van der Waals surface area contributed by atoms with Crippen LogP contribution in [-0.2, 0) is 9.59 Å². The molecule has 2 aliphatic rings. The van der Waals surface area contributed by atoms with Gasteiger partial charge in [-0.25, -0.2) is 18.6 Å². The third-order valence-electron chi connectivity index (χ3n) is 4.71. The number of hydrogen-bond acceptors (Lipinski definition) is 3. The van der Waals surface area contributed by atoms with Crippen molar-refractivity contribution in [2.45, 2.75) is 25.7 Å². The number of halogens is 3. The first-order valence-corrected chi connectivity index (χ1v) is 9.38. The van der Waals surface area contributed by atoms with E-state index in [0.29, 0.717) is 24.5 Å². The van der Waals surface area contributed by atoms with E-state index in [1.165, 1.54) is 6.07 Å². The number of hydrazine groups is 1. The average molecular weight is 445 g/mol. The van der Waals surface area contributed by atoms with E-state index in [2.05, 4.69) is 21.4 Å². The number of hydrogen-bond donors (Lipinski definition) is 2. The third kappa shape index (κ3) is 4.37. The van der Waals surface area contributed by atoms with Crippen molar-refractivity contribution >= 4 is 39.5 Å². The fourth-order valence-corrected chi connectivity index (χ4v) is 3.45. The second kappa shape index (κ2) is 7.79. The highest BCUT2D eigenvalue weighted by Crippen LogP contribution is 2.33. The monoisotopic (exact) mass is 444 g/mol. The lowest BCUT2D eigenvalue weighted by Crippen LogP contribution is -2.50. The highest BCUT2D eigenvalue weighted by atomic mass is 79.9. The highest BCUT2D eigenvalue weighted by Gasteiger charge is 2.37. The molecule has 4 amide bonds. The van der Waals surface area contributed by atoms with E-state index in [1.54, 1.807) is 4.90 Å². The second-order valence-corrected chi connectivity index (χ2v) is 7.67. The number of anilines is 1. The van der Waals surface area contributed by atoms with Crippen LogP contribution in [0.1, 0.15) is 25.7 Å². The van der Waals surface area contributed by atoms with Gasteiger partial charge >= 0.3 is 6.03 Å². The molecule has 0 spiro atoms. The van der Waals surface area contributed by atoms with Crippen molar-refractivity contribution in [3.05, 3.63) is 28.2 Å². The van der Waals surface area contributed by atoms with E-state index in [4.69, 9.17) is 5.73 Å². The SMILES string of the molecule is NC(=O)N(NC(=O)C[C@@H]1CCN(C(=O)C2CC2)C1)c1ccc(Br)c(F)c1F. The van der Waals surface area contributed by atoms with Crippen LogP contribution in [0.2, 0.25) is 0 Å². The van der Waals surface area contributed by atoms with Crippen LogP contribution in [-0.4, -0.2) is 35.8 Å². The Bertz CT molecular complexity index is 788. The first-order valence-electron chi connectivity index (χ1n) is 8.59. The van der Waals surface area contributed by atoms with Crippen molar-refractivity contribution in [2.75, 3.05) is 18.1 Å². The lowest BCUT2D eigenvalue weighted by molar-refractivity contribution is -0.132. The standard InChI is InChI=1S/C17H19BrF2N4O3/c18-11-3-4-12(15(20)14(11)19)24(17(21)27)22-13(25)7-9-5-6-23(8-9)16(26)10-1-2-10/h3-4,9-10H,1-2,5-8H2,(H2,21,27)(H,22,25)/t9-/m0/s1. The molecule has 0 radical (unpaired) electrons. The van der Waals surface area contributed by atoms with Crippen LogP contribution in [0.15, 0.2) is 16.6 Å². The maximum absolute atomic E-state index is 14.1. The summed E-state index contributed by atoms with van der Waals surface area (Å²) >= 11 is 2.84. The quantitative estimate of drug-likeness (QED) is 0.550. The van der Waals surface area contributed by atoms with Crippen molar-refractivity contribution in [3.63, 3.8) is 0 Å². The molecule has 3 rings (SSSR count).